The first-order valence-electron chi connectivity index (χ1n) is 11.5. The Kier molecular flexibility index (Phi) is 7.16. The quantitative estimate of drug-likeness (QED) is 0.524. The van der Waals surface area contributed by atoms with Gasteiger partial charge >= 0.3 is 0 Å². The predicted molar refractivity (Wildman–Crippen MR) is 131 cm³/mol. The number of amides is 2. The number of hydrogen-bond donors (Lipinski definition) is 1. The zero-order valence-corrected chi connectivity index (χ0v) is 19.8. The summed E-state index contributed by atoms with van der Waals surface area (Å²) in [7, 11) is 3.20. The van der Waals surface area contributed by atoms with Gasteiger partial charge in [0.15, 0.2) is 11.5 Å². The van der Waals surface area contributed by atoms with Crippen molar-refractivity contribution < 1.29 is 19.1 Å². The Morgan fingerprint density at radius 2 is 1.62 bits per heavy atom. The van der Waals surface area contributed by atoms with Crippen molar-refractivity contribution in [1.82, 2.24) is 10.2 Å². The minimum Gasteiger partial charge on any atom is -0.493 e. The lowest BCUT2D eigenvalue weighted by Gasteiger charge is -2.25. The smallest absolute Gasteiger partial charge is 0.255 e. The van der Waals surface area contributed by atoms with Gasteiger partial charge in [0.2, 0.25) is 5.91 Å². The van der Waals surface area contributed by atoms with Gasteiger partial charge < -0.3 is 19.7 Å². The fourth-order valence-electron chi connectivity index (χ4n) is 4.35. The summed E-state index contributed by atoms with van der Waals surface area (Å²) in [5.74, 6) is 1.06. The highest BCUT2D eigenvalue weighted by Crippen LogP contribution is 2.34. The van der Waals surface area contributed by atoms with Crippen LogP contribution >= 0.6 is 0 Å². The van der Waals surface area contributed by atoms with Gasteiger partial charge in [0, 0.05) is 18.7 Å². The first-order valence-corrected chi connectivity index (χ1v) is 11.5. The van der Waals surface area contributed by atoms with E-state index in [4.69, 9.17) is 9.47 Å². The van der Waals surface area contributed by atoms with E-state index in [9.17, 15) is 9.59 Å². The molecule has 1 N–H and O–H groups in total. The van der Waals surface area contributed by atoms with Gasteiger partial charge in [0.1, 0.15) is 6.04 Å². The summed E-state index contributed by atoms with van der Waals surface area (Å²) in [6.45, 7) is 2.98. The molecule has 3 aromatic rings. The molecule has 3 aromatic carbocycles. The van der Waals surface area contributed by atoms with Gasteiger partial charge in [-0.3, -0.25) is 9.59 Å². The van der Waals surface area contributed by atoms with Crippen LogP contribution in [0.4, 0.5) is 0 Å². The summed E-state index contributed by atoms with van der Waals surface area (Å²) in [5, 5.41) is 3.03. The van der Waals surface area contributed by atoms with Crippen LogP contribution in [0.15, 0.2) is 66.7 Å². The molecule has 1 aliphatic rings. The van der Waals surface area contributed by atoms with Gasteiger partial charge in [-0.1, -0.05) is 54.1 Å². The number of carbonyl (C=O) groups is 2. The lowest BCUT2D eigenvalue weighted by atomic mass is 10.0. The molecule has 1 heterocycles. The second-order valence-electron chi connectivity index (χ2n) is 8.45. The average Bonchev–Trinajstić information content (AvgIpc) is 3.15. The maximum atomic E-state index is 13.3. The van der Waals surface area contributed by atoms with Gasteiger partial charge in [0.05, 0.1) is 14.2 Å². The van der Waals surface area contributed by atoms with Crippen LogP contribution in [0.25, 0.3) is 0 Å². The molecule has 0 saturated carbocycles. The summed E-state index contributed by atoms with van der Waals surface area (Å²) >= 11 is 0. The van der Waals surface area contributed by atoms with Crippen LogP contribution in [0.5, 0.6) is 11.5 Å². The van der Waals surface area contributed by atoms with E-state index in [1.807, 2.05) is 43.3 Å². The molecule has 0 bridgehead atoms. The van der Waals surface area contributed by atoms with Crippen molar-refractivity contribution in [3.05, 3.63) is 94.5 Å². The molecule has 0 fully saturated rings. The molecule has 0 unspecified atom stereocenters. The van der Waals surface area contributed by atoms with E-state index < -0.39 is 6.04 Å². The van der Waals surface area contributed by atoms with Crippen molar-refractivity contribution in [2.24, 2.45) is 0 Å². The van der Waals surface area contributed by atoms with Crippen LogP contribution in [0.2, 0.25) is 0 Å². The van der Waals surface area contributed by atoms with Crippen molar-refractivity contribution >= 4 is 11.8 Å². The van der Waals surface area contributed by atoms with Crippen LogP contribution in [0.3, 0.4) is 0 Å². The monoisotopic (exact) mass is 458 g/mol. The van der Waals surface area contributed by atoms with Gasteiger partial charge in [-0.15, -0.1) is 0 Å². The Labute approximate surface area is 200 Å². The van der Waals surface area contributed by atoms with Crippen molar-refractivity contribution in [3.63, 3.8) is 0 Å². The maximum Gasteiger partial charge on any atom is 0.255 e. The molecule has 176 valence electrons. The Hall–Kier alpha value is -3.80. The SMILES string of the molecule is COc1ccc(CCNC(=O)[C@@H]2c3ccccc3C(=O)N2CCc2ccc(C)cc2)cc1OC. The number of aryl methyl sites for hydroxylation is 1. The van der Waals surface area contributed by atoms with E-state index >= 15 is 0 Å². The molecule has 1 atom stereocenters. The molecular weight excluding hydrogens is 428 g/mol. The van der Waals surface area contributed by atoms with E-state index in [1.54, 1.807) is 25.2 Å². The van der Waals surface area contributed by atoms with E-state index in [0.29, 0.717) is 43.0 Å². The normalized spacial score (nSPS) is 14.6. The highest BCUT2D eigenvalue weighted by atomic mass is 16.5. The standard InChI is InChI=1S/C28H30N2O4/c1-19-8-10-20(11-9-19)15-17-30-26(22-6-4-5-7-23(22)28(30)32)27(31)29-16-14-21-12-13-24(33-2)25(18-21)34-3/h4-13,18,26H,14-17H2,1-3H3,(H,29,31)/t26-/m0/s1. The van der Waals surface area contributed by atoms with E-state index in [0.717, 1.165) is 16.7 Å². The van der Waals surface area contributed by atoms with Crippen LogP contribution in [0, 0.1) is 6.92 Å². The van der Waals surface area contributed by atoms with Gasteiger partial charge in [-0.25, -0.2) is 0 Å². The second kappa shape index (κ2) is 10.4. The number of carbonyl (C=O) groups excluding carboxylic acids is 2. The lowest BCUT2D eigenvalue weighted by Crippen LogP contribution is -2.40. The number of rotatable bonds is 9. The minimum atomic E-state index is -0.625. The number of methoxy groups -OCH3 is 2. The van der Waals surface area contributed by atoms with Crippen molar-refractivity contribution in [2.45, 2.75) is 25.8 Å². The fraction of sp³-hybridized carbons (Fsp3) is 0.286. The van der Waals surface area contributed by atoms with Crippen molar-refractivity contribution in [2.75, 3.05) is 27.3 Å². The molecule has 6 nitrogen and oxygen atoms in total. The van der Waals surface area contributed by atoms with Crippen LogP contribution < -0.4 is 14.8 Å². The van der Waals surface area contributed by atoms with Gasteiger partial charge in [0.25, 0.3) is 5.91 Å². The van der Waals surface area contributed by atoms with Crippen LogP contribution in [0.1, 0.15) is 38.7 Å². The number of fused-ring (bicyclic) bond motifs is 1. The highest BCUT2D eigenvalue weighted by Gasteiger charge is 2.40. The number of nitrogens with zero attached hydrogens (tertiary/aromatic N) is 1. The fourth-order valence-corrected chi connectivity index (χ4v) is 4.35. The molecule has 1 aliphatic heterocycles. The first-order chi connectivity index (χ1) is 16.5. The van der Waals surface area contributed by atoms with E-state index in [1.165, 1.54) is 5.56 Å². The number of benzene rings is 3. The molecule has 34 heavy (non-hydrogen) atoms. The Morgan fingerprint density at radius 1 is 0.912 bits per heavy atom. The zero-order valence-electron chi connectivity index (χ0n) is 19.8. The Bertz CT molecular complexity index is 1170. The Balaban J connectivity index is 1.45. The average molecular weight is 459 g/mol. The highest BCUT2D eigenvalue weighted by molar-refractivity contribution is 6.04. The lowest BCUT2D eigenvalue weighted by molar-refractivity contribution is -0.125. The molecule has 4 rings (SSSR count). The molecule has 2 amide bonds. The summed E-state index contributed by atoms with van der Waals surface area (Å²) in [6, 6.07) is 20.7. The largest absolute Gasteiger partial charge is 0.493 e. The van der Waals surface area contributed by atoms with Crippen molar-refractivity contribution in [1.29, 1.82) is 0 Å². The Morgan fingerprint density at radius 3 is 2.35 bits per heavy atom. The molecule has 0 aromatic heterocycles. The maximum absolute atomic E-state index is 13.3. The summed E-state index contributed by atoms with van der Waals surface area (Å²) in [4.78, 5) is 28.1. The summed E-state index contributed by atoms with van der Waals surface area (Å²) in [5.41, 5.74) is 4.73. The summed E-state index contributed by atoms with van der Waals surface area (Å²) in [6.07, 6.45) is 1.33. The predicted octanol–water partition coefficient (Wildman–Crippen LogP) is 4.11. The molecule has 0 spiro atoms. The number of ether oxygens (including phenoxy) is 2. The van der Waals surface area contributed by atoms with E-state index in [2.05, 4.69) is 29.6 Å². The summed E-state index contributed by atoms with van der Waals surface area (Å²) < 4.78 is 10.6. The van der Waals surface area contributed by atoms with Crippen molar-refractivity contribution in [3.8, 4) is 11.5 Å². The minimum absolute atomic E-state index is 0.0947. The number of nitrogens with one attached hydrogen (secondary N) is 1. The molecule has 0 aliphatic carbocycles. The number of hydrogen-bond acceptors (Lipinski definition) is 4. The molecular formula is C28H30N2O4. The topological polar surface area (TPSA) is 67.9 Å². The van der Waals surface area contributed by atoms with Crippen LogP contribution in [-0.4, -0.2) is 44.0 Å². The van der Waals surface area contributed by atoms with Gasteiger partial charge in [-0.05, 0) is 54.7 Å². The third-order valence-corrected chi connectivity index (χ3v) is 6.23. The van der Waals surface area contributed by atoms with Gasteiger partial charge in [-0.2, -0.15) is 0 Å². The second-order valence-corrected chi connectivity index (χ2v) is 8.45. The van der Waals surface area contributed by atoms with E-state index in [-0.39, 0.29) is 11.8 Å². The first kappa shape index (κ1) is 23.4. The molecule has 0 saturated heterocycles. The zero-order chi connectivity index (χ0) is 24.1. The molecule has 0 radical (unpaired) electrons. The molecule has 6 heteroatoms. The van der Waals surface area contributed by atoms with Crippen LogP contribution in [-0.2, 0) is 17.6 Å². The third kappa shape index (κ3) is 4.91. The third-order valence-electron chi connectivity index (χ3n) is 6.23.